The van der Waals surface area contributed by atoms with E-state index in [2.05, 4.69) is 23.6 Å². The summed E-state index contributed by atoms with van der Waals surface area (Å²) in [5.41, 5.74) is 3.16. The normalized spacial score (nSPS) is 43.0. The molecule has 3 heteroatoms. The van der Waals surface area contributed by atoms with Gasteiger partial charge in [0, 0.05) is 13.6 Å². The number of nitrogens with zero attached hydrogens (tertiary/aromatic N) is 2. The molecule has 0 aromatic rings. The standard InChI is InChI=1S/C14H23N3/c1-17(16-3-2-15)9-14-12-5-10-4-11(7-12)8-13(14)6-10/h10-14,16H,3-9H2,1H3. The maximum absolute atomic E-state index is 8.58. The number of hydrazine groups is 1. The van der Waals surface area contributed by atoms with E-state index in [1.54, 1.807) is 0 Å². The Morgan fingerprint density at radius 2 is 1.71 bits per heavy atom. The van der Waals surface area contributed by atoms with Gasteiger partial charge in [0.15, 0.2) is 0 Å². The third kappa shape index (κ3) is 2.21. The van der Waals surface area contributed by atoms with Gasteiger partial charge in [-0.05, 0) is 61.7 Å². The summed E-state index contributed by atoms with van der Waals surface area (Å²) in [7, 11) is 2.09. The zero-order valence-corrected chi connectivity index (χ0v) is 10.7. The second kappa shape index (κ2) is 4.59. The van der Waals surface area contributed by atoms with Gasteiger partial charge in [-0.1, -0.05) is 0 Å². The van der Waals surface area contributed by atoms with Gasteiger partial charge in [0.1, 0.15) is 0 Å². The van der Waals surface area contributed by atoms with Crippen LogP contribution in [0.4, 0.5) is 0 Å². The molecule has 0 atom stereocenters. The Morgan fingerprint density at radius 1 is 1.12 bits per heavy atom. The van der Waals surface area contributed by atoms with Crippen molar-refractivity contribution < 1.29 is 0 Å². The van der Waals surface area contributed by atoms with Gasteiger partial charge < -0.3 is 0 Å². The molecule has 0 radical (unpaired) electrons. The van der Waals surface area contributed by atoms with Crippen molar-refractivity contribution in [1.82, 2.24) is 10.4 Å². The molecule has 0 unspecified atom stereocenters. The smallest absolute Gasteiger partial charge is 0.0974 e. The quantitative estimate of drug-likeness (QED) is 0.596. The maximum Gasteiger partial charge on any atom is 0.0974 e. The van der Waals surface area contributed by atoms with Crippen LogP contribution in [-0.2, 0) is 0 Å². The van der Waals surface area contributed by atoms with Gasteiger partial charge in [-0.25, -0.2) is 10.4 Å². The van der Waals surface area contributed by atoms with E-state index in [1.807, 2.05) is 0 Å². The van der Waals surface area contributed by atoms with E-state index in [0.717, 1.165) is 36.1 Å². The summed E-state index contributed by atoms with van der Waals surface area (Å²) in [5.74, 6) is 4.98. The Bertz CT molecular complexity index is 292. The molecular weight excluding hydrogens is 210 g/mol. The van der Waals surface area contributed by atoms with Gasteiger partial charge in [-0.2, -0.15) is 5.26 Å². The monoisotopic (exact) mass is 233 g/mol. The fraction of sp³-hybridized carbons (Fsp3) is 0.929. The van der Waals surface area contributed by atoms with Crippen molar-refractivity contribution in [3.63, 3.8) is 0 Å². The fourth-order valence-electron chi connectivity index (χ4n) is 4.89. The lowest BCUT2D eigenvalue weighted by atomic mass is 9.52. The average Bonchev–Trinajstić information content (AvgIpc) is 2.30. The van der Waals surface area contributed by atoms with Crippen LogP contribution in [0.1, 0.15) is 32.1 Å². The average molecular weight is 233 g/mol. The van der Waals surface area contributed by atoms with Crippen LogP contribution in [0.25, 0.3) is 0 Å². The van der Waals surface area contributed by atoms with Crippen molar-refractivity contribution in [1.29, 1.82) is 5.26 Å². The highest BCUT2D eigenvalue weighted by atomic mass is 15.5. The predicted octanol–water partition coefficient (Wildman–Crippen LogP) is 2.02. The fourth-order valence-corrected chi connectivity index (χ4v) is 4.89. The minimum Gasteiger partial charge on any atom is -0.246 e. The first-order valence-electron chi connectivity index (χ1n) is 7.08. The Morgan fingerprint density at radius 3 is 2.24 bits per heavy atom. The molecule has 0 amide bonds. The second-order valence-corrected chi connectivity index (χ2v) is 6.47. The topological polar surface area (TPSA) is 39.1 Å². The van der Waals surface area contributed by atoms with E-state index in [4.69, 9.17) is 5.26 Å². The zero-order chi connectivity index (χ0) is 11.8. The number of rotatable bonds is 4. The van der Waals surface area contributed by atoms with E-state index in [1.165, 1.54) is 32.1 Å². The predicted molar refractivity (Wildman–Crippen MR) is 66.8 cm³/mol. The number of hydrogen-bond donors (Lipinski definition) is 1. The summed E-state index contributed by atoms with van der Waals surface area (Å²) in [6.45, 7) is 1.57. The van der Waals surface area contributed by atoms with Crippen molar-refractivity contribution in [3.8, 4) is 6.07 Å². The molecule has 0 aliphatic heterocycles. The highest BCUT2D eigenvalue weighted by Crippen LogP contribution is 2.56. The molecule has 4 aliphatic carbocycles. The summed E-state index contributed by atoms with van der Waals surface area (Å²) < 4.78 is 0. The lowest BCUT2D eigenvalue weighted by molar-refractivity contribution is -0.0510. The van der Waals surface area contributed by atoms with E-state index < -0.39 is 0 Å². The highest BCUT2D eigenvalue weighted by Gasteiger charge is 2.48. The molecular formula is C14H23N3. The van der Waals surface area contributed by atoms with Gasteiger partial charge in [0.2, 0.25) is 0 Å². The molecule has 4 aliphatic rings. The maximum atomic E-state index is 8.58. The zero-order valence-electron chi connectivity index (χ0n) is 10.7. The number of hydrogen-bond acceptors (Lipinski definition) is 3. The Hall–Kier alpha value is -0.590. The van der Waals surface area contributed by atoms with E-state index in [9.17, 15) is 0 Å². The molecule has 3 nitrogen and oxygen atoms in total. The van der Waals surface area contributed by atoms with Crippen molar-refractivity contribution in [3.05, 3.63) is 0 Å². The van der Waals surface area contributed by atoms with Crippen molar-refractivity contribution >= 4 is 0 Å². The molecule has 4 fully saturated rings. The third-order valence-corrected chi connectivity index (χ3v) is 5.33. The molecule has 0 saturated heterocycles. The highest BCUT2D eigenvalue weighted by molar-refractivity contribution is 4.98. The molecule has 0 aromatic heterocycles. The van der Waals surface area contributed by atoms with Crippen LogP contribution in [0.5, 0.6) is 0 Å². The Balaban J connectivity index is 1.59. The first-order chi connectivity index (χ1) is 8.26. The van der Waals surface area contributed by atoms with Crippen LogP contribution in [0.2, 0.25) is 0 Å². The molecule has 94 valence electrons. The number of nitrogens with one attached hydrogen (secondary N) is 1. The molecule has 0 aromatic carbocycles. The molecule has 0 heterocycles. The molecule has 0 spiro atoms. The van der Waals surface area contributed by atoms with Gasteiger partial charge in [-0.15, -0.1) is 0 Å². The van der Waals surface area contributed by atoms with Gasteiger partial charge >= 0.3 is 0 Å². The first-order valence-corrected chi connectivity index (χ1v) is 7.08. The minimum atomic E-state index is 0.434. The van der Waals surface area contributed by atoms with Crippen LogP contribution in [0, 0.1) is 40.9 Å². The van der Waals surface area contributed by atoms with Crippen LogP contribution in [0.3, 0.4) is 0 Å². The first kappa shape index (κ1) is 11.5. The van der Waals surface area contributed by atoms with Crippen LogP contribution in [-0.4, -0.2) is 25.1 Å². The van der Waals surface area contributed by atoms with Crippen LogP contribution < -0.4 is 5.43 Å². The summed E-state index contributed by atoms with van der Waals surface area (Å²) in [6, 6.07) is 2.15. The molecule has 1 N–H and O–H groups in total. The summed E-state index contributed by atoms with van der Waals surface area (Å²) >= 11 is 0. The van der Waals surface area contributed by atoms with E-state index in [-0.39, 0.29) is 0 Å². The Kier molecular flexibility index (Phi) is 3.10. The lowest BCUT2D eigenvalue weighted by Crippen LogP contribution is -2.50. The van der Waals surface area contributed by atoms with Crippen molar-refractivity contribution in [2.45, 2.75) is 32.1 Å². The molecule has 4 saturated carbocycles. The molecule has 17 heavy (non-hydrogen) atoms. The minimum absolute atomic E-state index is 0.434. The van der Waals surface area contributed by atoms with Crippen LogP contribution >= 0.6 is 0 Å². The number of nitriles is 1. The van der Waals surface area contributed by atoms with Crippen molar-refractivity contribution in [2.24, 2.45) is 29.6 Å². The van der Waals surface area contributed by atoms with Gasteiger partial charge in [-0.3, -0.25) is 0 Å². The Labute approximate surface area is 104 Å². The lowest BCUT2D eigenvalue weighted by Gasteiger charge is -2.55. The van der Waals surface area contributed by atoms with E-state index in [0.29, 0.717) is 6.54 Å². The van der Waals surface area contributed by atoms with Gasteiger partial charge in [0.05, 0.1) is 12.6 Å². The molecule has 4 rings (SSSR count). The summed E-state index contributed by atoms with van der Waals surface area (Å²) in [6.07, 6.45) is 7.49. The summed E-state index contributed by atoms with van der Waals surface area (Å²) in [5, 5.41) is 10.7. The largest absolute Gasteiger partial charge is 0.246 e. The summed E-state index contributed by atoms with van der Waals surface area (Å²) in [4.78, 5) is 0. The van der Waals surface area contributed by atoms with Gasteiger partial charge in [0.25, 0.3) is 0 Å². The van der Waals surface area contributed by atoms with Crippen LogP contribution in [0.15, 0.2) is 0 Å². The second-order valence-electron chi connectivity index (χ2n) is 6.47. The SMILES string of the molecule is CN(CC1C2CC3CC(C2)CC1C3)NCC#N. The molecule has 4 bridgehead atoms. The third-order valence-electron chi connectivity index (χ3n) is 5.33. The van der Waals surface area contributed by atoms with E-state index >= 15 is 0 Å². The van der Waals surface area contributed by atoms with Crippen molar-refractivity contribution in [2.75, 3.05) is 20.1 Å².